The van der Waals surface area contributed by atoms with Gasteiger partial charge in [0.05, 0.1) is 10.1 Å². The summed E-state index contributed by atoms with van der Waals surface area (Å²) in [6.07, 6.45) is 0. The van der Waals surface area contributed by atoms with Gasteiger partial charge in [0, 0.05) is 24.7 Å². The molecule has 1 N–H and O–H groups in total. The molecule has 0 aliphatic rings. The van der Waals surface area contributed by atoms with Gasteiger partial charge in [-0.05, 0) is 68.7 Å². The van der Waals surface area contributed by atoms with Gasteiger partial charge in [-0.1, -0.05) is 12.1 Å². The van der Waals surface area contributed by atoms with Gasteiger partial charge in [0.15, 0.2) is 0 Å². The van der Waals surface area contributed by atoms with Crippen molar-refractivity contribution in [2.45, 2.75) is 42.7 Å². The topological polar surface area (TPSA) is 66.5 Å². The zero-order valence-corrected chi connectivity index (χ0v) is 18.2. The molecule has 1 unspecified atom stereocenters. The highest BCUT2D eigenvalue weighted by Gasteiger charge is 2.20. The molecule has 27 heavy (non-hydrogen) atoms. The first kappa shape index (κ1) is 21.5. The predicted octanol–water partition coefficient (Wildman–Crippen LogP) is 3.98. The Hall–Kier alpha value is -1.83. The summed E-state index contributed by atoms with van der Waals surface area (Å²) in [6.45, 7) is 7.77. The largest absolute Gasteiger partial charge is 0.325 e. The van der Waals surface area contributed by atoms with Gasteiger partial charge >= 0.3 is 0 Å². The normalized spacial score (nSPS) is 12.9. The maximum atomic E-state index is 12.6. The van der Waals surface area contributed by atoms with Crippen LogP contribution in [0.5, 0.6) is 0 Å². The van der Waals surface area contributed by atoms with Crippen LogP contribution in [0.2, 0.25) is 0 Å². The molecule has 0 aliphatic heterocycles. The van der Waals surface area contributed by atoms with Crippen LogP contribution in [-0.2, 0) is 14.8 Å². The van der Waals surface area contributed by atoms with E-state index in [4.69, 9.17) is 0 Å². The van der Waals surface area contributed by atoms with E-state index >= 15 is 0 Å². The van der Waals surface area contributed by atoms with E-state index in [1.54, 1.807) is 12.1 Å². The summed E-state index contributed by atoms with van der Waals surface area (Å²) in [5.74, 6) is -0.166. The minimum absolute atomic E-state index is 0.155. The number of carbonyl (C=O) groups excluding carboxylic acids is 1. The Morgan fingerprint density at radius 1 is 1.00 bits per heavy atom. The number of sulfonamides is 1. The van der Waals surface area contributed by atoms with Crippen molar-refractivity contribution >= 4 is 33.4 Å². The quantitative estimate of drug-likeness (QED) is 0.737. The van der Waals surface area contributed by atoms with Gasteiger partial charge in [0.2, 0.25) is 15.9 Å². The molecule has 1 amide bonds. The van der Waals surface area contributed by atoms with Crippen molar-refractivity contribution in [2.24, 2.45) is 0 Å². The van der Waals surface area contributed by atoms with E-state index in [1.807, 2.05) is 32.9 Å². The van der Waals surface area contributed by atoms with Gasteiger partial charge in [-0.3, -0.25) is 4.79 Å². The lowest BCUT2D eigenvalue weighted by Crippen LogP contribution is -2.24. The minimum Gasteiger partial charge on any atom is -0.325 e. The molecule has 0 saturated carbocycles. The Morgan fingerprint density at radius 2 is 1.63 bits per heavy atom. The van der Waals surface area contributed by atoms with Gasteiger partial charge in [-0.15, -0.1) is 11.8 Å². The summed E-state index contributed by atoms with van der Waals surface area (Å²) in [5, 5.41) is 2.55. The maximum absolute atomic E-state index is 12.6. The van der Waals surface area contributed by atoms with Crippen LogP contribution in [0.3, 0.4) is 0 Å². The summed E-state index contributed by atoms with van der Waals surface area (Å²) >= 11 is 1.48. The second-order valence-corrected chi connectivity index (χ2v) is 10.3. The van der Waals surface area contributed by atoms with Crippen molar-refractivity contribution in [3.8, 4) is 0 Å². The van der Waals surface area contributed by atoms with E-state index in [0.29, 0.717) is 5.69 Å². The molecular formula is C20H26N2O3S2. The van der Waals surface area contributed by atoms with Crippen molar-refractivity contribution in [3.05, 3.63) is 53.1 Å². The number of anilines is 1. The lowest BCUT2D eigenvalue weighted by molar-refractivity contribution is -0.115. The van der Waals surface area contributed by atoms with E-state index in [-0.39, 0.29) is 16.1 Å². The van der Waals surface area contributed by atoms with Gasteiger partial charge in [0.1, 0.15) is 0 Å². The molecule has 0 aromatic heterocycles. The average Bonchev–Trinajstić information content (AvgIpc) is 2.59. The number of carbonyl (C=O) groups is 1. The Balaban J connectivity index is 2.18. The van der Waals surface area contributed by atoms with Crippen LogP contribution in [0.25, 0.3) is 0 Å². The van der Waals surface area contributed by atoms with Gasteiger partial charge < -0.3 is 5.32 Å². The predicted molar refractivity (Wildman–Crippen MR) is 112 cm³/mol. The van der Waals surface area contributed by atoms with Gasteiger partial charge in [-0.2, -0.15) is 0 Å². The van der Waals surface area contributed by atoms with E-state index in [9.17, 15) is 13.2 Å². The molecule has 0 fully saturated rings. The number of rotatable bonds is 6. The van der Waals surface area contributed by atoms with Crippen molar-refractivity contribution in [2.75, 3.05) is 19.4 Å². The number of nitrogens with zero attached hydrogens (tertiary/aromatic N) is 1. The highest BCUT2D eigenvalue weighted by atomic mass is 32.2. The van der Waals surface area contributed by atoms with Crippen molar-refractivity contribution < 1.29 is 13.2 Å². The molecule has 146 valence electrons. The first-order chi connectivity index (χ1) is 12.5. The number of aryl methyl sites for hydroxylation is 3. The van der Waals surface area contributed by atoms with Gasteiger partial charge in [0.25, 0.3) is 0 Å². The number of benzene rings is 2. The van der Waals surface area contributed by atoms with Crippen LogP contribution in [0.4, 0.5) is 5.69 Å². The molecule has 0 saturated heterocycles. The maximum Gasteiger partial charge on any atom is 0.242 e. The third-order valence-electron chi connectivity index (χ3n) is 4.41. The molecular weight excluding hydrogens is 380 g/mol. The molecule has 0 radical (unpaired) electrons. The van der Waals surface area contributed by atoms with Crippen molar-refractivity contribution in [3.63, 3.8) is 0 Å². The second kappa shape index (κ2) is 8.46. The van der Waals surface area contributed by atoms with Crippen LogP contribution >= 0.6 is 11.8 Å². The minimum atomic E-state index is -3.55. The molecule has 0 heterocycles. The third-order valence-corrected chi connectivity index (χ3v) is 7.31. The number of thioether (sulfide) groups is 1. The van der Waals surface area contributed by atoms with Crippen LogP contribution in [-0.4, -0.2) is 38.0 Å². The SMILES string of the molecule is Cc1ccc(SC(C)C(=O)Nc2cc(S(=O)(=O)N(C)C)ccc2C)cc1C. The highest BCUT2D eigenvalue weighted by Crippen LogP contribution is 2.27. The molecule has 7 heteroatoms. The molecule has 2 rings (SSSR count). The Kier molecular flexibility index (Phi) is 6.72. The summed E-state index contributed by atoms with van der Waals surface area (Å²) in [7, 11) is -0.589. The van der Waals surface area contributed by atoms with Crippen LogP contribution < -0.4 is 5.32 Å². The number of nitrogens with one attached hydrogen (secondary N) is 1. The van der Waals surface area contributed by atoms with E-state index in [2.05, 4.69) is 18.3 Å². The number of hydrogen-bond donors (Lipinski definition) is 1. The molecule has 0 bridgehead atoms. The fourth-order valence-corrected chi connectivity index (χ4v) is 4.28. The molecule has 2 aromatic carbocycles. The van der Waals surface area contributed by atoms with Crippen LogP contribution in [0.15, 0.2) is 46.2 Å². The summed E-state index contributed by atoms with van der Waals surface area (Å²) in [4.78, 5) is 13.8. The first-order valence-corrected chi connectivity index (χ1v) is 10.9. The van der Waals surface area contributed by atoms with Crippen LogP contribution in [0, 0.1) is 20.8 Å². The monoisotopic (exact) mass is 406 g/mol. The van der Waals surface area contributed by atoms with Gasteiger partial charge in [-0.25, -0.2) is 12.7 Å². The zero-order valence-electron chi connectivity index (χ0n) is 16.5. The standard InChI is InChI=1S/C20H26N2O3S2/c1-13-7-9-17(11-15(13)3)26-16(4)20(23)21-19-12-18(10-8-14(19)2)27(24,25)22(5)6/h7-12,16H,1-6H3,(H,21,23). The summed E-state index contributed by atoms with van der Waals surface area (Å²) < 4.78 is 25.8. The van der Waals surface area contributed by atoms with E-state index in [1.165, 1.54) is 43.1 Å². The highest BCUT2D eigenvalue weighted by molar-refractivity contribution is 8.00. The lowest BCUT2D eigenvalue weighted by Gasteiger charge is -2.16. The Morgan fingerprint density at radius 3 is 2.22 bits per heavy atom. The average molecular weight is 407 g/mol. The number of hydrogen-bond acceptors (Lipinski definition) is 4. The molecule has 0 aliphatic carbocycles. The van der Waals surface area contributed by atoms with E-state index < -0.39 is 10.0 Å². The van der Waals surface area contributed by atoms with Crippen molar-refractivity contribution in [1.82, 2.24) is 4.31 Å². The Bertz CT molecular complexity index is 954. The van der Waals surface area contributed by atoms with Crippen molar-refractivity contribution in [1.29, 1.82) is 0 Å². The summed E-state index contributed by atoms with van der Waals surface area (Å²) in [5.41, 5.74) is 3.72. The third kappa shape index (κ3) is 5.12. The fourth-order valence-electron chi connectivity index (χ4n) is 2.39. The van der Waals surface area contributed by atoms with Crippen LogP contribution in [0.1, 0.15) is 23.6 Å². The molecule has 5 nitrogen and oxygen atoms in total. The molecule has 2 aromatic rings. The zero-order chi connectivity index (χ0) is 20.4. The fraction of sp³-hybridized carbons (Fsp3) is 0.350. The summed E-state index contributed by atoms with van der Waals surface area (Å²) in [6, 6.07) is 10.9. The molecule has 1 atom stereocenters. The van der Waals surface area contributed by atoms with E-state index in [0.717, 1.165) is 14.8 Å². The lowest BCUT2D eigenvalue weighted by atomic mass is 10.1. The second-order valence-electron chi connectivity index (χ2n) is 6.76. The number of amides is 1. The Labute approximate surface area is 166 Å². The molecule has 0 spiro atoms. The first-order valence-electron chi connectivity index (χ1n) is 8.60. The smallest absolute Gasteiger partial charge is 0.242 e.